The number of anilines is 1. The summed E-state index contributed by atoms with van der Waals surface area (Å²) in [6.07, 6.45) is 0. The van der Waals surface area contributed by atoms with Crippen LogP contribution in [-0.4, -0.2) is 43.0 Å². The Hall–Kier alpha value is -4.12. The molecule has 4 aromatic carbocycles. The minimum atomic E-state index is -4.56. The van der Waals surface area contributed by atoms with Gasteiger partial charge >= 0.3 is 0 Å². The average Bonchev–Trinajstić information content (AvgIpc) is 2.83. The van der Waals surface area contributed by atoms with Crippen LogP contribution in [0.3, 0.4) is 0 Å². The lowest BCUT2D eigenvalue weighted by Crippen LogP contribution is -2.11. The molecule has 0 aliphatic carbocycles. The molecule has 37 heavy (non-hydrogen) atoms. The first-order valence-electron chi connectivity index (χ1n) is 11.3. The van der Waals surface area contributed by atoms with Crippen LogP contribution in [0.1, 0.15) is 21.5 Å². The second kappa shape index (κ2) is 10.5. The molecule has 10 heteroatoms. The number of hydrogen-bond donors (Lipinski definition) is 3. The maximum atomic E-state index is 12.8. The molecule has 0 spiro atoms. The fourth-order valence-electron chi connectivity index (χ4n) is 4.00. The van der Waals surface area contributed by atoms with Crippen LogP contribution in [0.15, 0.2) is 87.9 Å². The van der Waals surface area contributed by atoms with E-state index in [0.717, 1.165) is 5.56 Å². The Morgan fingerprint density at radius 2 is 1.70 bits per heavy atom. The molecular weight excluding hydrogens is 492 g/mol. The third kappa shape index (κ3) is 5.83. The molecule has 0 aliphatic rings. The quantitative estimate of drug-likeness (QED) is 0.208. The van der Waals surface area contributed by atoms with Gasteiger partial charge in [0.15, 0.2) is 5.75 Å². The Balaban J connectivity index is 1.80. The van der Waals surface area contributed by atoms with Gasteiger partial charge < -0.3 is 15.3 Å². The third-order valence-corrected chi connectivity index (χ3v) is 6.55. The van der Waals surface area contributed by atoms with Crippen molar-refractivity contribution < 1.29 is 22.9 Å². The molecular formula is C27H26N4O5S. The third-order valence-electron chi connectivity index (χ3n) is 5.65. The van der Waals surface area contributed by atoms with Gasteiger partial charge in [-0.1, -0.05) is 36.4 Å². The van der Waals surface area contributed by atoms with Gasteiger partial charge in [-0.15, -0.1) is 10.2 Å². The number of phenolic OH excluding ortho intramolecular Hbond substituents is 1. The molecule has 0 bridgehead atoms. The maximum Gasteiger partial charge on any atom is 0.296 e. The van der Waals surface area contributed by atoms with Gasteiger partial charge in [0.05, 0.1) is 5.69 Å². The van der Waals surface area contributed by atoms with Crippen LogP contribution in [0.4, 0.5) is 17.1 Å². The molecule has 190 valence electrons. The zero-order valence-corrected chi connectivity index (χ0v) is 21.3. The number of amides is 1. The number of azo groups is 1. The molecule has 4 rings (SSSR count). The number of aryl methyl sites for hydroxylation is 1. The summed E-state index contributed by atoms with van der Waals surface area (Å²) in [5, 5.41) is 23.3. The van der Waals surface area contributed by atoms with Crippen molar-refractivity contribution in [2.24, 2.45) is 10.2 Å². The zero-order valence-electron chi connectivity index (χ0n) is 20.5. The molecule has 0 aliphatic heterocycles. The van der Waals surface area contributed by atoms with E-state index in [4.69, 9.17) is 0 Å². The predicted octanol–water partition coefficient (Wildman–Crippen LogP) is 5.83. The summed E-state index contributed by atoms with van der Waals surface area (Å²) in [6.45, 7) is 2.24. The van der Waals surface area contributed by atoms with Crippen LogP contribution in [0.25, 0.3) is 10.8 Å². The van der Waals surface area contributed by atoms with Crippen molar-refractivity contribution in [2.45, 2.75) is 18.4 Å². The van der Waals surface area contributed by atoms with E-state index in [9.17, 15) is 22.9 Å². The molecule has 3 N–H and O–H groups in total. The van der Waals surface area contributed by atoms with Crippen molar-refractivity contribution in [1.29, 1.82) is 0 Å². The number of carbonyl (C=O) groups is 1. The number of hydrogen-bond acceptors (Lipinski definition) is 7. The van der Waals surface area contributed by atoms with Crippen LogP contribution in [0, 0.1) is 6.92 Å². The second-order valence-corrected chi connectivity index (χ2v) is 10.2. The smallest absolute Gasteiger partial charge is 0.296 e. The van der Waals surface area contributed by atoms with E-state index in [1.54, 1.807) is 61.5 Å². The number of nitrogens with zero attached hydrogens (tertiary/aromatic N) is 3. The highest BCUT2D eigenvalue weighted by Crippen LogP contribution is 2.42. The van der Waals surface area contributed by atoms with Crippen molar-refractivity contribution in [3.05, 3.63) is 89.5 Å². The summed E-state index contributed by atoms with van der Waals surface area (Å²) in [5.41, 5.74) is 2.22. The Morgan fingerprint density at radius 3 is 2.38 bits per heavy atom. The summed E-state index contributed by atoms with van der Waals surface area (Å²) >= 11 is 0. The van der Waals surface area contributed by atoms with E-state index in [-0.39, 0.29) is 23.0 Å². The fraction of sp³-hybridized carbons (Fsp3) is 0.148. The van der Waals surface area contributed by atoms with Gasteiger partial charge in [0, 0.05) is 17.5 Å². The molecule has 9 nitrogen and oxygen atoms in total. The lowest BCUT2D eigenvalue weighted by atomic mass is 10.0. The first-order valence-corrected chi connectivity index (χ1v) is 12.8. The number of nitrogens with one attached hydrogen (secondary N) is 1. The Bertz CT molecular complexity index is 1620. The van der Waals surface area contributed by atoms with Crippen molar-refractivity contribution in [1.82, 2.24) is 4.90 Å². The van der Waals surface area contributed by atoms with Crippen LogP contribution >= 0.6 is 0 Å². The van der Waals surface area contributed by atoms with E-state index in [2.05, 4.69) is 15.5 Å². The fourth-order valence-corrected chi connectivity index (χ4v) is 4.61. The minimum absolute atomic E-state index is 0.0635. The number of rotatable bonds is 7. The average molecular weight is 519 g/mol. The standard InChI is InChI=1S/C27H26N4O5S/c1-17-14-20-10-7-11-21(28-27(33)19-8-5-4-6-9-19)24(20)26(32)25(17)30-29-22-15-18(16-31(2)3)12-13-23(22)37(34,35)36/h4-15,32H,16H2,1-3H3,(H,28,33)(H,34,35,36). The molecule has 0 radical (unpaired) electrons. The van der Waals surface area contributed by atoms with E-state index >= 15 is 0 Å². The minimum Gasteiger partial charge on any atom is -0.505 e. The van der Waals surface area contributed by atoms with Crippen LogP contribution in [-0.2, 0) is 16.7 Å². The molecule has 0 atom stereocenters. The van der Waals surface area contributed by atoms with Crippen molar-refractivity contribution in [3.63, 3.8) is 0 Å². The monoisotopic (exact) mass is 518 g/mol. The van der Waals surface area contributed by atoms with Gasteiger partial charge in [-0.25, -0.2) is 0 Å². The molecule has 0 heterocycles. The first-order chi connectivity index (χ1) is 17.5. The molecule has 0 aromatic heterocycles. The number of benzene rings is 4. The van der Waals surface area contributed by atoms with E-state index in [0.29, 0.717) is 34.1 Å². The van der Waals surface area contributed by atoms with Gasteiger partial charge in [-0.05, 0) is 73.9 Å². The van der Waals surface area contributed by atoms with Crippen molar-refractivity contribution in [2.75, 3.05) is 19.4 Å². The number of fused-ring (bicyclic) bond motifs is 1. The van der Waals surface area contributed by atoms with Gasteiger partial charge in [0.1, 0.15) is 16.3 Å². The van der Waals surface area contributed by atoms with Gasteiger partial charge in [0.2, 0.25) is 0 Å². The predicted molar refractivity (Wildman–Crippen MR) is 143 cm³/mol. The van der Waals surface area contributed by atoms with Gasteiger partial charge in [-0.2, -0.15) is 8.42 Å². The summed E-state index contributed by atoms with van der Waals surface area (Å²) < 4.78 is 33.5. The van der Waals surface area contributed by atoms with Crippen LogP contribution < -0.4 is 5.32 Å². The topological polar surface area (TPSA) is 132 Å². The first kappa shape index (κ1) is 26.0. The highest BCUT2D eigenvalue weighted by atomic mass is 32.2. The molecule has 4 aromatic rings. The number of phenols is 1. The van der Waals surface area contributed by atoms with Crippen LogP contribution in [0.5, 0.6) is 5.75 Å². The number of carbonyl (C=O) groups excluding carboxylic acids is 1. The van der Waals surface area contributed by atoms with E-state index in [1.807, 2.05) is 25.1 Å². The SMILES string of the molecule is Cc1cc2cccc(NC(=O)c3ccccc3)c2c(O)c1N=Nc1cc(CN(C)C)ccc1S(=O)(=O)O. The molecule has 0 saturated heterocycles. The lowest BCUT2D eigenvalue weighted by Gasteiger charge is -2.13. The largest absolute Gasteiger partial charge is 0.505 e. The summed E-state index contributed by atoms with van der Waals surface area (Å²) in [6, 6.07) is 20.1. The zero-order chi connectivity index (χ0) is 26.7. The summed E-state index contributed by atoms with van der Waals surface area (Å²) in [7, 11) is -0.835. The van der Waals surface area contributed by atoms with Gasteiger partial charge in [0.25, 0.3) is 16.0 Å². The highest BCUT2D eigenvalue weighted by Gasteiger charge is 2.18. The maximum absolute atomic E-state index is 12.8. The van der Waals surface area contributed by atoms with Crippen LogP contribution in [0.2, 0.25) is 0 Å². The van der Waals surface area contributed by atoms with Crippen molar-refractivity contribution >= 4 is 43.9 Å². The second-order valence-electron chi connectivity index (χ2n) is 8.83. The van der Waals surface area contributed by atoms with E-state index < -0.39 is 15.0 Å². The van der Waals surface area contributed by atoms with Gasteiger partial charge in [-0.3, -0.25) is 9.35 Å². The Kier molecular flexibility index (Phi) is 7.35. The highest BCUT2D eigenvalue weighted by molar-refractivity contribution is 7.86. The van der Waals surface area contributed by atoms with E-state index in [1.165, 1.54) is 12.1 Å². The Morgan fingerprint density at radius 1 is 0.973 bits per heavy atom. The lowest BCUT2D eigenvalue weighted by molar-refractivity contribution is 0.102. The molecule has 1 amide bonds. The normalized spacial score (nSPS) is 11.9. The molecule has 0 saturated carbocycles. The summed E-state index contributed by atoms with van der Waals surface area (Å²) in [4.78, 5) is 14.3. The summed E-state index contributed by atoms with van der Waals surface area (Å²) in [5.74, 6) is -0.563. The molecule has 0 unspecified atom stereocenters. The molecule has 0 fully saturated rings. The Labute approximate surface area is 214 Å². The number of aromatic hydroxyl groups is 1. The van der Waals surface area contributed by atoms with Crippen molar-refractivity contribution in [3.8, 4) is 5.75 Å².